The van der Waals surface area contributed by atoms with Crippen molar-refractivity contribution >= 4 is 5.95 Å². The van der Waals surface area contributed by atoms with Gasteiger partial charge in [-0.3, -0.25) is 0 Å². The van der Waals surface area contributed by atoms with Crippen LogP contribution in [-0.2, 0) is 11.3 Å². The predicted octanol–water partition coefficient (Wildman–Crippen LogP) is 2.02. The van der Waals surface area contributed by atoms with Gasteiger partial charge in [-0.25, -0.2) is 19.9 Å². The number of piperidine rings is 1. The highest BCUT2D eigenvalue weighted by molar-refractivity contribution is 5.45. The van der Waals surface area contributed by atoms with Crippen molar-refractivity contribution in [3.8, 4) is 11.6 Å². The summed E-state index contributed by atoms with van der Waals surface area (Å²) in [7, 11) is 1.71. The van der Waals surface area contributed by atoms with Crippen molar-refractivity contribution in [3.63, 3.8) is 0 Å². The van der Waals surface area contributed by atoms with E-state index in [1.807, 2.05) is 24.7 Å². The maximum Gasteiger partial charge on any atom is 0.225 e. The summed E-state index contributed by atoms with van der Waals surface area (Å²) in [6.45, 7) is 3.29. The summed E-state index contributed by atoms with van der Waals surface area (Å²) in [4.78, 5) is 20.1. The van der Waals surface area contributed by atoms with Gasteiger partial charge in [-0.2, -0.15) is 0 Å². The molecule has 0 unspecified atom stereocenters. The van der Waals surface area contributed by atoms with Crippen LogP contribution in [0, 0.1) is 0 Å². The molecule has 0 aromatic carbocycles. The van der Waals surface area contributed by atoms with Gasteiger partial charge in [-0.1, -0.05) is 0 Å². The van der Waals surface area contributed by atoms with E-state index in [-0.39, 0.29) is 0 Å². The maximum absolute atomic E-state index is 5.19. The van der Waals surface area contributed by atoms with Gasteiger partial charge in [0.25, 0.3) is 0 Å². The van der Waals surface area contributed by atoms with E-state index >= 15 is 0 Å². The highest BCUT2D eigenvalue weighted by atomic mass is 16.5. The Morgan fingerprint density at radius 2 is 1.69 bits per heavy atom. The van der Waals surface area contributed by atoms with Gasteiger partial charge in [0.1, 0.15) is 0 Å². The van der Waals surface area contributed by atoms with Gasteiger partial charge in [-0.05, 0) is 18.9 Å². The average molecular weight is 353 g/mol. The van der Waals surface area contributed by atoms with E-state index in [0.29, 0.717) is 12.6 Å². The van der Waals surface area contributed by atoms with Crippen molar-refractivity contribution in [1.29, 1.82) is 0 Å². The summed E-state index contributed by atoms with van der Waals surface area (Å²) in [5.41, 5.74) is 0. The first kappa shape index (κ1) is 16.7. The molecule has 0 amide bonds. The van der Waals surface area contributed by atoms with Crippen molar-refractivity contribution in [3.05, 3.63) is 43.2 Å². The molecule has 3 aromatic rings. The molecule has 8 heteroatoms. The van der Waals surface area contributed by atoms with Crippen LogP contribution in [0.15, 0.2) is 43.2 Å². The number of hydrogen-bond donors (Lipinski definition) is 0. The number of methoxy groups -OCH3 is 1. The van der Waals surface area contributed by atoms with Crippen molar-refractivity contribution in [2.45, 2.75) is 25.4 Å². The van der Waals surface area contributed by atoms with Gasteiger partial charge in [0.2, 0.25) is 5.95 Å². The first-order valence-corrected chi connectivity index (χ1v) is 8.92. The smallest absolute Gasteiger partial charge is 0.225 e. The number of anilines is 1. The Morgan fingerprint density at radius 1 is 0.962 bits per heavy atom. The Bertz CT molecular complexity index is 821. The lowest BCUT2D eigenvalue weighted by Crippen LogP contribution is -2.35. The Balaban J connectivity index is 1.49. The average Bonchev–Trinajstić information content (AvgIpc) is 3.36. The van der Waals surface area contributed by atoms with Crippen LogP contribution in [0.1, 0.15) is 18.9 Å². The molecule has 1 aliphatic rings. The molecule has 3 aromatic heterocycles. The molecular formula is C18H23N7O. The van der Waals surface area contributed by atoms with E-state index in [0.717, 1.165) is 50.1 Å². The molecule has 0 bridgehead atoms. The normalized spacial score (nSPS) is 15.5. The van der Waals surface area contributed by atoms with Gasteiger partial charge in [0.15, 0.2) is 11.6 Å². The molecule has 4 rings (SSSR count). The van der Waals surface area contributed by atoms with Crippen molar-refractivity contribution < 1.29 is 4.74 Å². The van der Waals surface area contributed by atoms with Gasteiger partial charge >= 0.3 is 0 Å². The molecule has 0 N–H and O–H groups in total. The molecule has 0 saturated carbocycles. The summed E-state index contributed by atoms with van der Waals surface area (Å²) in [6, 6.07) is 2.25. The second-order valence-corrected chi connectivity index (χ2v) is 6.36. The number of rotatable bonds is 6. The molecular weight excluding hydrogens is 330 g/mol. The Kier molecular flexibility index (Phi) is 4.92. The first-order valence-electron chi connectivity index (χ1n) is 8.92. The van der Waals surface area contributed by atoms with Crippen molar-refractivity contribution in [1.82, 2.24) is 29.1 Å². The van der Waals surface area contributed by atoms with E-state index in [1.54, 1.807) is 19.5 Å². The highest BCUT2D eigenvalue weighted by Crippen LogP contribution is 2.28. The second-order valence-electron chi connectivity index (χ2n) is 6.36. The first-order chi connectivity index (χ1) is 12.9. The third-order valence-corrected chi connectivity index (χ3v) is 4.81. The van der Waals surface area contributed by atoms with E-state index in [2.05, 4.69) is 40.2 Å². The van der Waals surface area contributed by atoms with E-state index in [4.69, 9.17) is 4.74 Å². The van der Waals surface area contributed by atoms with Crippen LogP contribution >= 0.6 is 0 Å². The zero-order chi connectivity index (χ0) is 17.8. The number of nitrogens with zero attached hydrogens (tertiary/aromatic N) is 7. The SMILES string of the molecule is COCCn1ccnc1-c1nccn1C1CCN(c2ncccn2)CC1. The standard InChI is InChI=1S/C18H23N7O/c1-26-14-13-23-11-7-19-16(23)17-20-8-12-25(17)15-3-9-24(10-4-15)18-21-5-2-6-22-18/h2,5-8,11-12,15H,3-4,9-10,13-14H2,1H3. The van der Waals surface area contributed by atoms with Crippen molar-refractivity contribution in [2.24, 2.45) is 0 Å². The van der Waals surface area contributed by atoms with Gasteiger partial charge in [-0.15, -0.1) is 0 Å². The Labute approximate surface area is 152 Å². The van der Waals surface area contributed by atoms with Crippen LogP contribution in [0.4, 0.5) is 5.95 Å². The van der Waals surface area contributed by atoms with Crippen LogP contribution in [0.5, 0.6) is 0 Å². The number of ether oxygens (including phenoxy) is 1. The maximum atomic E-state index is 5.19. The minimum absolute atomic E-state index is 0.403. The van der Waals surface area contributed by atoms with Crippen LogP contribution in [0.25, 0.3) is 11.6 Å². The molecule has 8 nitrogen and oxygen atoms in total. The molecule has 0 aliphatic carbocycles. The van der Waals surface area contributed by atoms with Crippen LogP contribution in [0.3, 0.4) is 0 Å². The van der Waals surface area contributed by atoms with Gasteiger partial charge in [0.05, 0.1) is 6.61 Å². The van der Waals surface area contributed by atoms with E-state index in [9.17, 15) is 0 Å². The second kappa shape index (κ2) is 7.65. The molecule has 1 fully saturated rings. The quantitative estimate of drug-likeness (QED) is 0.675. The fourth-order valence-electron chi connectivity index (χ4n) is 3.46. The molecule has 26 heavy (non-hydrogen) atoms. The number of hydrogen-bond acceptors (Lipinski definition) is 6. The van der Waals surface area contributed by atoms with Crippen LogP contribution in [-0.4, -0.2) is 55.9 Å². The van der Waals surface area contributed by atoms with E-state index < -0.39 is 0 Å². The topological polar surface area (TPSA) is 73.9 Å². The third-order valence-electron chi connectivity index (χ3n) is 4.81. The molecule has 0 atom stereocenters. The van der Waals surface area contributed by atoms with Gasteiger partial charge in [0, 0.05) is 70.0 Å². The Hall–Kier alpha value is -2.74. The minimum Gasteiger partial charge on any atom is -0.383 e. The molecule has 0 spiro atoms. The zero-order valence-corrected chi connectivity index (χ0v) is 14.9. The van der Waals surface area contributed by atoms with Crippen molar-refractivity contribution in [2.75, 3.05) is 31.7 Å². The molecule has 0 radical (unpaired) electrons. The summed E-state index contributed by atoms with van der Waals surface area (Å²) < 4.78 is 9.55. The zero-order valence-electron chi connectivity index (χ0n) is 14.9. The Morgan fingerprint density at radius 3 is 2.46 bits per heavy atom. The van der Waals surface area contributed by atoms with E-state index in [1.165, 1.54) is 0 Å². The lowest BCUT2D eigenvalue weighted by atomic mass is 10.0. The summed E-state index contributed by atoms with van der Waals surface area (Å²) in [5.74, 6) is 2.62. The number of imidazole rings is 2. The fourth-order valence-corrected chi connectivity index (χ4v) is 3.46. The van der Waals surface area contributed by atoms with Crippen LogP contribution in [0.2, 0.25) is 0 Å². The molecule has 1 aliphatic heterocycles. The third kappa shape index (κ3) is 3.32. The fraction of sp³-hybridized carbons (Fsp3) is 0.444. The summed E-state index contributed by atoms with van der Waals surface area (Å²) in [5, 5.41) is 0. The summed E-state index contributed by atoms with van der Waals surface area (Å²) >= 11 is 0. The summed E-state index contributed by atoms with van der Waals surface area (Å²) in [6.07, 6.45) is 13.4. The van der Waals surface area contributed by atoms with Crippen LogP contribution < -0.4 is 4.90 Å². The predicted molar refractivity (Wildman–Crippen MR) is 97.8 cm³/mol. The minimum atomic E-state index is 0.403. The largest absolute Gasteiger partial charge is 0.383 e. The molecule has 1 saturated heterocycles. The molecule has 4 heterocycles. The highest BCUT2D eigenvalue weighted by Gasteiger charge is 2.25. The molecule has 136 valence electrons. The number of aromatic nitrogens is 6. The lowest BCUT2D eigenvalue weighted by Gasteiger charge is -2.33. The lowest BCUT2D eigenvalue weighted by molar-refractivity contribution is 0.187. The monoisotopic (exact) mass is 353 g/mol. The van der Waals surface area contributed by atoms with Gasteiger partial charge < -0.3 is 18.8 Å².